The zero-order chi connectivity index (χ0) is 11.1. The Labute approximate surface area is 83.6 Å². The molecule has 4 nitrogen and oxygen atoms in total. The third-order valence-electron chi connectivity index (χ3n) is 1.93. The van der Waals surface area contributed by atoms with Crippen molar-refractivity contribution in [1.82, 2.24) is 0 Å². The van der Waals surface area contributed by atoms with E-state index in [0.29, 0.717) is 12.8 Å². The number of hydrogen-bond acceptors (Lipinski definition) is 4. The van der Waals surface area contributed by atoms with E-state index < -0.39 is 11.9 Å². The molecule has 4 heteroatoms. The van der Waals surface area contributed by atoms with Crippen LogP contribution in [0.15, 0.2) is 0 Å². The summed E-state index contributed by atoms with van der Waals surface area (Å²) in [6.07, 6.45) is 0.956. The number of Topliss-reactive ketones (excluding diaryl/α,β-unsaturated/α-hetero) is 1. The molecular weight excluding hydrogens is 184 g/mol. The summed E-state index contributed by atoms with van der Waals surface area (Å²) in [7, 11) is 0. The van der Waals surface area contributed by atoms with Gasteiger partial charge in [0.1, 0.15) is 12.2 Å². The van der Waals surface area contributed by atoms with Gasteiger partial charge in [-0.15, -0.1) is 0 Å². The molecule has 0 spiro atoms. The van der Waals surface area contributed by atoms with Gasteiger partial charge in [-0.1, -0.05) is 13.8 Å². The van der Waals surface area contributed by atoms with Crippen molar-refractivity contribution in [1.29, 1.82) is 0 Å². The molecule has 0 aliphatic heterocycles. The summed E-state index contributed by atoms with van der Waals surface area (Å²) >= 11 is 0. The molecule has 0 saturated carbocycles. The molecule has 0 aromatic heterocycles. The molecule has 0 saturated heterocycles. The smallest absolute Gasteiger partial charge is 0.320 e. The Hall–Kier alpha value is -1.19. The number of carbonyl (C=O) groups excluding carboxylic acids is 3. The first-order valence-electron chi connectivity index (χ1n) is 4.75. The third-order valence-corrected chi connectivity index (χ3v) is 1.93. The van der Waals surface area contributed by atoms with E-state index in [1.807, 2.05) is 13.8 Å². The lowest BCUT2D eigenvalue weighted by Gasteiger charge is -2.09. The molecule has 0 bridgehead atoms. The van der Waals surface area contributed by atoms with Crippen molar-refractivity contribution in [2.75, 3.05) is 0 Å². The van der Waals surface area contributed by atoms with Crippen LogP contribution in [0.3, 0.4) is 0 Å². The summed E-state index contributed by atoms with van der Waals surface area (Å²) < 4.78 is 4.51. The fourth-order valence-electron chi connectivity index (χ4n) is 1.06. The highest BCUT2D eigenvalue weighted by Crippen LogP contribution is 2.09. The van der Waals surface area contributed by atoms with Gasteiger partial charge in [-0.2, -0.15) is 0 Å². The van der Waals surface area contributed by atoms with Crippen LogP contribution in [-0.4, -0.2) is 17.7 Å². The second-order valence-electron chi connectivity index (χ2n) is 3.19. The van der Waals surface area contributed by atoms with Crippen LogP contribution in [0.5, 0.6) is 0 Å². The average molecular weight is 200 g/mol. The fraction of sp³-hybridized carbons (Fsp3) is 0.700. The normalized spacial score (nSPS) is 10.0. The fourth-order valence-corrected chi connectivity index (χ4v) is 1.06. The maximum absolute atomic E-state index is 11.2. The molecule has 0 radical (unpaired) electrons. The average Bonchev–Trinajstić information content (AvgIpc) is 2.04. The van der Waals surface area contributed by atoms with Gasteiger partial charge >= 0.3 is 11.9 Å². The number of ketones is 1. The minimum atomic E-state index is -0.755. The van der Waals surface area contributed by atoms with Gasteiger partial charge in [0.2, 0.25) is 0 Å². The lowest BCUT2D eigenvalue weighted by Crippen LogP contribution is -2.21. The van der Waals surface area contributed by atoms with Crippen molar-refractivity contribution in [2.24, 2.45) is 5.92 Å². The molecule has 0 N–H and O–H groups in total. The van der Waals surface area contributed by atoms with Crippen LogP contribution in [0.4, 0.5) is 0 Å². The Kier molecular flexibility index (Phi) is 5.76. The van der Waals surface area contributed by atoms with Gasteiger partial charge in [-0.25, -0.2) is 0 Å². The molecule has 0 heterocycles. The molecular formula is C10H16O4. The summed E-state index contributed by atoms with van der Waals surface area (Å²) in [6, 6.07) is 0. The van der Waals surface area contributed by atoms with Crippen LogP contribution in [0.2, 0.25) is 0 Å². The molecule has 0 rings (SSSR count). The van der Waals surface area contributed by atoms with Gasteiger partial charge < -0.3 is 4.74 Å². The van der Waals surface area contributed by atoms with Crippen LogP contribution in [0.25, 0.3) is 0 Å². The Morgan fingerprint density at radius 3 is 2.00 bits per heavy atom. The van der Waals surface area contributed by atoms with Crippen molar-refractivity contribution in [3.8, 4) is 0 Å². The van der Waals surface area contributed by atoms with Gasteiger partial charge in [-0.3, -0.25) is 14.4 Å². The number of rotatable bonds is 5. The molecule has 80 valence electrons. The quantitative estimate of drug-likeness (QED) is 0.498. The highest BCUT2D eigenvalue weighted by atomic mass is 16.6. The lowest BCUT2D eigenvalue weighted by atomic mass is 10.0. The van der Waals surface area contributed by atoms with Gasteiger partial charge in [0, 0.05) is 0 Å². The van der Waals surface area contributed by atoms with Gasteiger partial charge in [0.25, 0.3) is 0 Å². The molecule has 0 aromatic carbocycles. The molecule has 0 aromatic rings. The highest BCUT2D eigenvalue weighted by molar-refractivity contribution is 5.98. The van der Waals surface area contributed by atoms with E-state index in [-0.39, 0.29) is 18.1 Å². The monoisotopic (exact) mass is 200 g/mol. The van der Waals surface area contributed by atoms with E-state index in [9.17, 15) is 14.4 Å². The van der Waals surface area contributed by atoms with Gasteiger partial charge in [0.05, 0.1) is 5.92 Å². The van der Waals surface area contributed by atoms with Crippen LogP contribution in [0, 0.1) is 5.92 Å². The van der Waals surface area contributed by atoms with Crippen molar-refractivity contribution < 1.29 is 19.1 Å². The maximum atomic E-state index is 11.2. The number of hydrogen-bond donors (Lipinski definition) is 0. The third kappa shape index (κ3) is 4.74. The predicted molar refractivity (Wildman–Crippen MR) is 50.5 cm³/mol. The molecule has 14 heavy (non-hydrogen) atoms. The van der Waals surface area contributed by atoms with E-state index >= 15 is 0 Å². The summed E-state index contributed by atoms with van der Waals surface area (Å²) in [4.78, 5) is 32.7. The molecule has 0 aliphatic rings. The summed E-state index contributed by atoms with van der Waals surface area (Å²) in [5, 5.41) is 0. The topological polar surface area (TPSA) is 60.4 Å². The molecule has 0 aliphatic carbocycles. The lowest BCUT2D eigenvalue weighted by molar-refractivity contribution is -0.163. The van der Waals surface area contributed by atoms with Crippen molar-refractivity contribution in [3.63, 3.8) is 0 Å². The van der Waals surface area contributed by atoms with Crippen LogP contribution in [0.1, 0.15) is 40.0 Å². The second-order valence-corrected chi connectivity index (χ2v) is 3.19. The summed E-state index contributed by atoms with van der Waals surface area (Å²) in [6.45, 7) is 4.98. The zero-order valence-electron chi connectivity index (χ0n) is 8.83. The van der Waals surface area contributed by atoms with Gasteiger partial charge in [0.15, 0.2) is 0 Å². The largest absolute Gasteiger partial charge is 0.393 e. The van der Waals surface area contributed by atoms with Gasteiger partial charge in [-0.05, 0) is 19.8 Å². The number of esters is 2. The van der Waals surface area contributed by atoms with Crippen LogP contribution in [-0.2, 0) is 19.1 Å². The standard InChI is InChI=1S/C10H16O4/c1-4-8(5-2)10(13)14-9(12)6-7(3)11/h8H,4-6H2,1-3H3. The van der Waals surface area contributed by atoms with E-state index in [2.05, 4.69) is 4.74 Å². The Morgan fingerprint density at radius 1 is 1.14 bits per heavy atom. The zero-order valence-corrected chi connectivity index (χ0v) is 8.83. The van der Waals surface area contributed by atoms with Crippen molar-refractivity contribution in [2.45, 2.75) is 40.0 Å². The first-order valence-corrected chi connectivity index (χ1v) is 4.75. The second kappa shape index (κ2) is 6.29. The molecule has 0 amide bonds. The van der Waals surface area contributed by atoms with Crippen molar-refractivity contribution in [3.05, 3.63) is 0 Å². The molecule has 0 unspecified atom stereocenters. The predicted octanol–water partition coefficient (Wildman–Crippen LogP) is 1.47. The minimum Gasteiger partial charge on any atom is -0.393 e. The van der Waals surface area contributed by atoms with Crippen molar-refractivity contribution >= 4 is 17.7 Å². The van der Waals surface area contributed by atoms with E-state index in [1.165, 1.54) is 6.92 Å². The Bertz CT molecular complexity index is 228. The summed E-state index contributed by atoms with van der Waals surface area (Å²) in [5.41, 5.74) is 0. The molecule has 0 fully saturated rings. The number of ether oxygens (including phenoxy) is 1. The van der Waals surface area contributed by atoms with E-state index in [0.717, 1.165) is 0 Å². The van der Waals surface area contributed by atoms with Crippen LogP contribution < -0.4 is 0 Å². The minimum absolute atomic E-state index is 0.245. The Morgan fingerprint density at radius 2 is 1.64 bits per heavy atom. The SMILES string of the molecule is CCC(CC)C(=O)OC(=O)CC(C)=O. The van der Waals surface area contributed by atoms with E-state index in [4.69, 9.17) is 0 Å². The van der Waals surface area contributed by atoms with E-state index in [1.54, 1.807) is 0 Å². The Balaban J connectivity index is 4.04. The summed E-state index contributed by atoms with van der Waals surface area (Å²) in [5.74, 6) is -1.83. The van der Waals surface area contributed by atoms with Crippen LogP contribution >= 0.6 is 0 Å². The first-order chi connectivity index (χ1) is 6.51. The first kappa shape index (κ1) is 12.8. The molecule has 0 atom stereocenters. The maximum Gasteiger partial charge on any atom is 0.320 e. The highest BCUT2D eigenvalue weighted by Gasteiger charge is 2.19. The number of carbonyl (C=O) groups is 3.